The minimum atomic E-state index is -0.911. The lowest BCUT2D eigenvalue weighted by molar-refractivity contribution is -0.138. The summed E-state index contributed by atoms with van der Waals surface area (Å²) in [5.41, 5.74) is 1.91. The van der Waals surface area contributed by atoms with Gasteiger partial charge in [-0.2, -0.15) is 10.1 Å². The van der Waals surface area contributed by atoms with Gasteiger partial charge in [-0.3, -0.25) is 5.10 Å². The SMILES string of the molecule is CO[C@@H]1C[C@@H](C(=O)O)N(c2nc(Nc3cc(C4CC4)[nH]n3)c3cccn3n2)C1. The third kappa shape index (κ3) is 2.95. The van der Waals surface area contributed by atoms with Crippen LogP contribution in [-0.4, -0.2) is 61.7 Å². The molecule has 146 valence electrons. The molecule has 2 fully saturated rings. The summed E-state index contributed by atoms with van der Waals surface area (Å²) in [7, 11) is 1.59. The van der Waals surface area contributed by atoms with E-state index >= 15 is 0 Å². The molecule has 4 heterocycles. The standard InChI is InChI=1S/C18H21N7O3/c1-28-11-7-14(17(26)27)24(9-11)18-20-16(13-3-2-6-25(13)23-18)19-15-8-12(21-22-15)10-4-5-10/h2-3,6,8,10-11,14H,4-5,7,9H2,1H3,(H,26,27)(H2,19,20,21,22,23)/t11-,14+/m1/s1. The number of anilines is 3. The number of carboxylic acid groups (broad SMARTS) is 1. The predicted molar refractivity (Wildman–Crippen MR) is 101 cm³/mol. The summed E-state index contributed by atoms with van der Waals surface area (Å²) >= 11 is 0. The molecule has 3 aromatic rings. The van der Waals surface area contributed by atoms with Crippen LogP contribution >= 0.6 is 0 Å². The number of rotatable bonds is 6. The second-order valence-electron chi connectivity index (χ2n) is 7.31. The Morgan fingerprint density at radius 3 is 3.04 bits per heavy atom. The van der Waals surface area contributed by atoms with Crippen molar-refractivity contribution < 1.29 is 14.6 Å². The van der Waals surface area contributed by atoms with E-state index in [1.165, 1.54) is 12.8 Å². The highest BCUT2D eigenvalue weighted by Crippen LogP contribution is 2.39. The number of nitrogens with one attached hydrogen (secondary N) is 2. The Balaban J connectivity index is 1.50. The number of nitrogens with zero attached hydrogens (tertiary/aromatic N) is 5. The van der Waals surface area contributed by atoms with Crippen LogP contribution < -0.4 is 10.2 Å². The molecule has 1 saturated carbocycles. The third-order valence-corrected chi connectivity index (χ3v) is 5.38. The number of aromatic amines is 1. The molecule has 10 heteroatoms. The number of hydrogen-bond donors (Lipinski definition) is 3. The molecule has 0 aromatic carbocycles. The first-order valence-corrected chi connectivity index (χ1v) is 9.32. The molecule has 2 atom stereocenters. The van der Waals surface area contributed by atoms with E-state index in [0.29, 0.717) is 36.5 Å². The molecule has 3 aromatic heterocycles. The van der Waals surface area contributed by atoms with Crippen molar-refractivity contribution >= 4 is 29.1 Å². The van der Waals surface area contributed by atoms with E-state index < -0.39 is 12.0 Å². The van der Waals surface area contributed by atoms with Gasteiger partial charge >= 0.3 is 5.97 Å². The van der Waals surface area contributed by atoms with E-state index in [-0.39, 0.29) is 6.10 Å². The highest BCUT2D eigenvalue weighted by Gasteiger charge is 2.39. The molecule has 0 radical (unpaired) electrons. The van der Waals surface area contributed by atoms with Crippen LogP contribution in [0.25, 0.3) is 5.52 Å². The Morgan fingerprint density at radius 1 is 1.43 bits per heavy atom. The molecular formula is C18H21N7O3. The maximum atomic E-state index is 11.7. The summed E-state index contributed by atoms with van der Waals surface area (Å²) < 4.78 is 7.07. The summed E-state index contributed by atoms with van der Waals surface area (Å²) in [6.07, 6.45) is 4.41. The van der Waals surface area contributed by atoms with E-state index in [1.807, 2.05) is 24.4 Å². The van der Waals surface area contributed by atoms with Gasteiger partial charge in [-0.15, -0.1) is 5.10 Å². The molecule has 28 heavy (non-hydrogen) atoms. The smallest absolute Gasteiger partial charge is 0.326 e. The van der Waals surface area contributed by atoms with Crippen LogP contribution in [0.5, 0.6) is 0 Å². The van der Waals surface area contributed by atoms with E-state index in [4.69, 9.17) is 4.74 Å². The molecule has 3 N–H and O–H groups in total. The zero-order valence-electron chi connectivity index (χ0n) is 15.4. The molecule has 1 aliphatic heterocycles. The van der Waals surface area contributed by atoms with E-state index in [0.717, 1.165) is 11.2 Å². The normalized spacial score (nSPS) is 22.1. The highest BCUT2D eigenvalue weighted by molar-refractivity contribution is 5.79. The summed E-state index contributed by atoms with van der Waals surface area (Å²) in [6.45, 7) is 0.425. The van der Waals surface area contributed by atoms with Crippen molar-refractivity contribution in [3.8, 4) is 0 Å². The lowest BCUT2D eigenvalue weighted by atomic mass is 10.2. The Bertz CT molecular complexity index is 1030. The van der Waals surface area contributed by atoms with Crippen LogP contribution in [0.4, 0.5) is 17.6 Å². The van der Waals surface area contributed by atoms with Crippen LogP contribution in [0.2, 0.25) is 0 Å². The van der Waals surface area contributed by atoms with Gasteiger partial charge in [-0.1, -0.05) is 0 Å². The first-order chi connectivity index (χ1) is 13.6. The quantitative estimate of drug-likeness (QED) is 0.589. The maximum Gasteiger partial charge on any atom is 0.326 e. The average molecular weight is 383 g/mol. The summed E-state index contributed by atoms with van der Waals surface area (Å²) in [4.78, 5) is 18.0. The number of hydrogen-bond acceptors (Lipinski definition) is 7. The van der Waals surface area contributed by atoms with Gasteiger partial charge in [0.15, 0.2) is 11.6 Å². The number of methoxy groups -OCH3 is 1. The largest absolute Gasteiger partial charge is 0.480 e. The second-order valence-corrected chi connectivity index (χ2v) is 7.31. The first-order valence-electron chi connectivity index (χ1n) is 9.32. The summed E-state index contributed by atoms with van der Waals surface area (Å²) in [5.74, 6) is 1.27. The van der Waals surface area contributed by atoms with E-state index in [2.05, 4.69) is 25.6 Å². The number of carbonyl (C=O) groups is 1. The fourth-order valence-corrected chi connectivity index (χ4v) is 3.69. The van der Waals surface area contributed by atoms with Gasteiger partial charge in [0.2, 0.25) is 5.95 Å². The number of aromatic nitrogens is 5. The van der Waals surface area contributed by atoms with E-state index in [9.17, 15) is 9.90 Å². The number of fused-ring (bicyclic) bond motifs is 1. The van der Waals surface area contributed by atoms with Crippen molar-refractivity contribution in [3.05, 3.63) is 30.1 Å². The zero-order valence-corrected chi connectivity index (χ0v) is 15.4. The van der Waals surface area contributed by atoms with Crippen LogP contribution in [0, 0.1) is 0 Å². The fraction of sp³-hybridized carbons (Fsp3) is 0.444. The van der Waals surface area contributed by atoms with Crippen molar-refractivity contribution in [3.63, 3.8) is 0 Å². The maximum absolute atomic E-state index is 11.7. The lowest BCUT2D eigenvalue weighted by Gasteiger charge is -2.21. The number of aliphatic carboxylic acids is 1. The van der Waals surface area contributed by atoms with Crippen molar-refractivity contribution in [2.24, 2.45) is 0 Å². The van der Waals surface area contributed by atoms with Gasteiger partial charge in [0.05, 0.1) is 6.10 Å². The van der Waals surface area contributed by atoms with Crippen molar-refractivity contribution in [2.75, 3.05) is 23.9 Å². The molecule has 1 aliphatic carbocycles. The molecule has 2 aliphatic rings. The summed E-state index contributed by atoms with van der Waals surface area (Å²) in [5, 5.41) is 24.8. The van der Waals surface area contributed by atoms with Gasteiger partial charge in [-0.05, 0) is 25.0 Å². The summed E-state index contributed by atoms with van der Waals surface area (Å²) in [6, 6.07) is 5.04. The van der Waals surface area contributed by atoms with Gasteiger partial charge in [0, 0.05) is 44.0 Å². The van der Waals surface area contributed by atoms with Gasteiger partial charge in [0.25, 0.3) is 0 Å². The molecule has 0 amide bonds. The highest BCUT2D eigenvalue weighted by atomic mass is 16.5. The van der Waals surface area contributed by atoms with Crippen molar-refractivity contribution in [1.29, 1.82) is 0 Å². The Hall–Kier alpha value is -3.14. The molecule has 10 nitrogen and oxygen atoms in total. The van der Waals surface area contributed by atoms with E-state index in [1.54, 1.807) is 16.5 Å². The Morgan fingerprint density at radius 2 is 2.29 bits per heavy atom. The zero-order chi connectivity index (χ0) is 19.3. The van der Waals surface area contributed by atoms with Crippen LogP contribution in [0.1, 0.15) is 30.9 Å². The number of ether oxygens (including phenoxy) is 1. The van der Waals surface area contributed by atoms with Gasteiger partial charge in [-0.25, -0.2) is 9.31 Å². The van der Waals surface area contributed by atoms with Crippen molar-refractivity contribution in [2.45, 2.75) is 37.3 Å². The molecule has 5 rings (SSSR count). The topological polar surface area (TPSA) is 121 Å². The van der Waals surface area contributed by atoms with Crippen molar-refractivity contribution in [1.82, 2.24) is 24.8 Å². The first kappa shape index (κ1) is 17.0. The van der Waals surface area contributed by atoms with Crippen LogP contribution in [0.3, 0.4) is 0 Å². The molecule has 0 bridgehead atoms. The molecular weight excluding hydrogens is 362 g/mol. The Kier molecular flexibility index (Phi) is 3.93. The van der Waals surface area contributed by atoms with Gasteiger partial charge < -0.3 is 20.1 Å². The minimum absolute atomic E-state index is 0.172. The second kappa shape index (κ2) is 6.48. The molecule has 1 saturated heterocycles. The monoisotopic (exact) mass is 383 g/mol. The van der Waals surface area contributed by atoms with Crippen LogP contribution in [-0.2, 0) is 9.53 Å². The number of H-pyrrole nitrogens is 1. The van der Waals surface area contributed by atoms with Gasteiger partial charge in [0.1, 0.15) is 11.6 Å². The third-order valence-electron chi connectivity index (χ3n) is 5.38. The molecule has 0 unspecified atom stereocenters. The fourth-order valence-electron chi connectivity index (χ4n) is 3.69. The molecule has 0 spiro atoms. The Labute approximate surface area is 160 Å². The number of carboxylic acids is 1. The average Bonchev–Trinajstić information content (AvgIpc) is 3.11. The minimum Gasteiger partial charge on any atom is -0.480 e. The van der Waals surface area contributed by atoms with Crippen LogP contribution in [0.15, 0.2) is 24.4 Å². The lowest BCUT2D eigenvalue weighted by Crippen LogP contribution is -2.37. The predicted octanol–water partition coefficient (Wildman–Crippen LogP) is 1.75.